The highest BCUT2D eigenvalue weighted by molar-refractivity contribution is 9.10. The van der Waals surface area contributed by atoms with Gasteiger partial charge in [-0.2, -0.15) is 0 Å². The first-order chi connectivity index (χ1) is 20.0. The van der Waals surface area contributed by atoms with E-state index >= 15 is 0 Å². The van der Waals surface area contributed by atoms with E-state index in [4.69, 9.17) is 9.72 Å². The Hall–Kier alpha value is -3.45. The van der Waals surface area contributed by atoms with Crippen LogP contribution >= 0.6 is 27.7 Å². The molecule has 0 unspecified atom stereocenters. The minimum Gasteiger partial charge on any atom is -0.361 e. The minimum absolute atomic E-state index is 0.209. The Morgan fingerprint density at radius 3 is 2.45 bits per heavy atom. The van der Waals surface area contributed by atoms with Gasteiger partial charge in [-0.15, -0.1) is 0 Å². The van der Waals surface area contributed by atoms with Gasteiger partial charge in [-0.05, 0) is 54.8 Å². The van der Waals surface area contributed by atoms with Gasteiger partial charge in [0, 0.05) is 49.1 Å². The van der Waals surface area contributed by atoms with Crippen molar-refractivity contribution in [2.45, 2.75) is 44.5 Å². The van der Waals surface area contributed by atoms with Crippen LogP contribution in [0.2, 0.25) is 25.7 Å². The predicted molar refractivity (Wildman–Crippen MR) is 178 cm³/mol. The molecule has 9 nitrogen and oxygen atoms in total. The number of halogens is 1. The average molecular weight is 668 g/mol. The van der Waals surface area contributed by atoms with Crippen molar-refractivity contribution in [2.24, 2.45) is 0 Å². The van der Waals surface area contributed by atoms with Gasteiger partial charge in [0.25, 0.3) is 0 Å². The second-order valence-electron chi connectivity index (χ2n) is 10.8. The first-order valence-corrected chi connectivity index (χ1v) is 19.2. The number of ether oxygens (including phenoxy) is 1. The molecule has 0 aliphatic rings. The van der Waals surface area contributed by atoms with E-state index in [0.717, 1.165) is 32.5 Å². The molecule has 2 heterocycles. The van der Waals surface area contributed by atoms with Crippen LogP contribution in [0.25, 0.3) is 22.5 Å². The van der Waals surface area contributed by atoms with E-state index in [-0.39, 0.29) is 11.9 Å². The summed E-state index contributed by atoms with van der Waals surface area (Å²) in [5, 5.41) is 9.40. The molecule has 3 N–H and O–H groups in total. The summed E-state index contributed by atoms with van der Waals surface area (Å²) in [5.74, 6) is 0.225. The summed E-state index contributed by atoms with van der Waals surface area (Å²) in [5.41, 5.74) is 4.28. The van der Waals surface area contributed by atoms with E-state index in [1.165, 1.54) is 18.7 Å². The second-order valence-corrected chi connectivity index (χ2v) is 18.1. The Morgan fingerprint density at radius 2 is 1.76 bits per heavy atom. The van der Waals surface area contributed by atoms with E-state index in [1.54, 1.807) is 6.20 Å². The molecule has 0 saturated heterocycles. The molecule has 0 bridgehead atoms. The molecule has 0 aliphatic heterocycles. The lowest BCUT2D eigenvalue weighted by Gasteiger charge is -2.18. The summed E-state index contributed by atoms with van der Waals surface area (Å²) in [6.07, 6.45) is 3.63. The minimum atomic E-state index is -1.27. The Bertz CT molecular complexity index is 1560. The largest absolute Gasteiger partial charge is 0.361 e. The van der Waals surface area contributed by atoms with Gasteiger partial charge >= 0.3 is 6.03 Å². The zero-order valence-electron chi connectivity index (χ0n) is 24.3. The number of thioether (sulfide) groups is 1. The molecule has 0 spiro atoms. The van der Waals surface area contributed by atoms with E-state index in [1.807, 2.05) is 71.5 Å². The lowest BCUT2D eigenvalue weighted by Crippen LogP contribution is -2.22. The van der Waals surface area contributed by atoms with Crippen LogP contribution in [0.3, 0.4) is 0 Å². The quantitative estimate of drug-likeness (QED) is 0.0850. The fraction of sp³-hybridized carbons (Fsp3) is 0.267. The first-order valence-electron chi connectivity index (χ1n) is 13.4. The molecule has 4 rings (SSSR count). The summed E-state index contributed by atoms with van der Waals surface area (Å²) in [7, 11) is -1.27. The van der Waals surface area contributed by atoms with E-state index in [9.17, 15) is 9.59 Å². The first kappa shape index (κ1) is 31.5. The van der Waals surface area contributed by atoms with Crippen LogP contribution in [-0.4, -0.2) is 47.4 Å². The molecule has 0 aliphatic carbocycles. The van der Waals surface area contributed by atoms with Crippen LogP contribution in [-0.2, 0) is 16.3 Å². The number of nitrogens with zero attached hydrogens (tertiary/aromatic N) is 3. The normalized spacial score (nSPS) is 11.3. The molecule has 42 heavy (non-hydrogen) atoms. The molecular weight excluding hydrogens is 632 g/mol. The molecule has 4 aromatic rings. The molecule has 0 radical (unpaired) electrons. The molecule has 220 valence electrons. The third kappa shape index (κ3) is 8.54. The van der Waals surface area contributed by atoms with Crippen LogP contribution in [0.5, 0.6) is 0 Å². The molecule has 3 amide bonds. The highest BCUT2D eigenvalue weighted by Crippen LogP contribution is 2.39. The topological polar surface area (TPSA) is 110 Å². The van der Waals surface area contributed by atoms with Crippen LogP contribution in [0.15, 0.2) is 76.5 Å². The van der Waals surface area contributed by atoms with Gasteiger partial charge in [0.15, 0.2) is 5.16 Å². The molecule has 2 aromatic carbocycles. The summed E-state index contributed by atoms with van der Waals surface area (Å²) < 4.78 is 9.15. The standard InChI is InChI=1S/C30H35BrN6O3SSi/c1-20(38)33-26-18-21(14-15-32-26)28-27(36-30(41-2)37(28)19-40-16-17-42(3,4)5)24-8-6-7-9-25(24)35-29(39)34-23-12-10-22(31)11-13-23/h6-15,18H,16-17,19H2,1-5H3,(H,32,33,38)(H2,34,35,39). The van der Waals surface area contributed by atoms with Gasteiger partial charge in [0.1, 0.15) is 12.5 Å². The third-order valence-electron chi connectivity index (χ3n) is 6.20. The van der Waals surface area contributed by atoms with Crippen molar-refractivity contribution < 1.29 is 14.3 Å². The fourth-order valence-corrected chi connectivity index (χ4v) is 5.73. The van der Waals surface area contributed by atoms with Crippen molar-refractivity contribution in [1.29, 1.82) is 0 Å². The van der Waals surface area contributed by atoms with Crippen LogP contribution < -0.4 is 16.0 Å². The predicted octanol–water partition coefficient (Wildman–Crippen LogP) is 8.01. The van der Waals surface area contributed by atoms with Crippen molar-refractivity contribution in [2.75, 3.05) is 28.8 Å². The van der Waals surface area contributed by atoms with Crippen LogP contribution in [0, 0.1) is 0 Å². The SMILES string of the molecule is CSc1nc(-c2ccccc2NC(=O)Nc2ccc(Br)cc2)c(-c2ccnc(NC(C)=O)c2)n1COCC[Si](C)(C)C. The third-order valence-corrected chi connectivity index (χ3v) is 9.11. The number of hydrogen-bond donors (Lipinski definition) is 3. The number of imidazole rings is 1. The van der Waals surface area contributed by atoms with E-state index in [0.29, 0.717) is 36.2 Å². The number of benzene rings is 2. The van der Waals surface area contributed by atoms with Crippen molar-refractivity contribution >= 4 is 64.9 Å². The van der Waals surface area contributed by atoms with Gasteiger partial charge < -0.3 is 20.7 Å². The lowest BCUT2D eigenvalue weighted by molar-refractivity contribution is -0.114. The summed E-state index contributed by atoms with van der Waals surface area (Å²) >= 11 is 4.93. The number of hydrogen-bond acceptors (Lipinski definition) is 6. The zero-order chi connectivity index (χ0) is 30.3. The van der Waals surface area contributed by atoms with Gasteiger partial charge in [-0.25, -0.2) is 14.8 Å². The average Bonchev–Trinajstić information content (AvgIpc) is 3.30. The number of nitrogens with one attached hydrogen (secondary N) is 3. The van der Waals surface area contributed by atoms with Crippen LogP contribution in [0.1, 0.15) is 6.92 Å². The van der Waals surface area contributed by atoms with Gasteiger partial charge in [0.2, 0.25) is 5.91 Å². The number of para-hydroxylation sites is 1. The number of amides is 3. The highest BCUT2D eigenvalue weighted by Gasteiger charge is 2.23. The molecule has 0 saturated carbocycles. The number of anilines is 3. The Labute approximate surface area is 260 Å². The molecule has 0 fully saturated rings. The number of pyridine rings is 1. The van der Waals surface area contributed by atoms with Gasteiger partial charge in [0.05, 0.1) is 17.1 Å². The van der Waals surface area contributed by atoms with Crippen molar-refractivity contribution in [3.05, 3.63) is 71.3 Å². The maximum Gasteiger partial charge on any atom is 0.323 e. The number of carbonyl (C=O) groups excluding carboxylic acids is 2. The Kier molecular flexibility index (Phi) is 10.6. The maximum atomic E-state index is 13.0. The number of rotatable bonds is 11. The molecule has 0 atom stereocenters. The number of urea groups is 1. The smallest absolute Gasteiger partial charge is 0.323 e. The number of aromatic nitrogens is 3. The Balaban J connectivity index is 1.75. The van der Waals surface area contributed by atoms with Gasteiger partial charge in [-0.3, -0.25) is 9.36 Å². The second kappa shape index (κ2) is 14.1. The van der Waals surface area contributed by atoms with Crippen molar-refractivity contribution in [3.63, 3.8) is 0 Å². The summed E-state index contributed by atoms with van der Waals surface area (Å²) in [4.78, 5) is 34.1. The molecule has 12 heteroatoms. The highest BCUT2D eigenvalue weighted by atomic mass is 79.9. The van der Waals surface area contributed by atoms with E-state index in [2.05, 4.69) is 56.5 Å². The van der Waals surface area contributed by atoms with Gasteiger partial charge in [-0.1, -0.05) is 65.5 Å². The zero-order valence-corrected chi connectivity index (χ0v) is 27.7. The lowest BCUT2D eigenvalue weighted by atomic mass is 10.0. The van der Waals surface area contributed by atoms with Crippen LogP contribution in [0.4, 0.5) is 22.0 Å². The van der Waals surface area contributed by atoms with Crippen molar-refractivity contribution in [1.82, 2.24) is 14.5 Å². The monoisotopic (exact) mass is 666 g/mol. The molecule has 2 aromatic heterocycles. The summed E-state index contributed by atoms with van der Waals surface area (Å²) in [6, 6.07) is 19.3. The Morgan fingerprint density at radius 1 is 1.02 bits per heavy atom. The molecular formula is C30H35BrN6O3SSi. The fourth-order valence-electron chi connectivity index (χ4n) is 4.17. The maximum absolute atomic E-state index is 13.0. The van der Waals surface area contributed by atoms with Crippen molar-refractivity contribution in [3.8, 4) is 22.5 Å². The van der Waals surface area contributed by atoms with E-state index < -0.39 is 8.07 Å². The summed E-state index contributed by atoms with van der Waals surface area (Å²) in [6.45, 7) is 9.37. The number of carbonyl (C=O) groups is 2.